The van der Waals surface area contributed by atoms with Crippen LogP contribution >= 0.6 is 0 Å². The Bertz CT molecular complexity index is 688. The molecule has 2 aromatic heterocycles. The van der Waals surface area contributed by atoms with Crippen molar-refractivity contribution in [2.24, 2.45) is 0 Å². The predicted octanol–water partition coefficient (Wildman–Crippen LogP) is 2.86. The molecule has 19 heavy (non-hydrogen) atoms. The number of pyridine rings is 1. The molecule has 3 aromatic rings. The van der Waals surface area contributed by atoms with Crippen molar-refractivity contribution >= 4 is 10.9 Å². The highest BCUT2D eigenvalue weighted by Gasteiger charge is 2.08. The number of fused-ring (bicyclic) bond motifs is 1. The Morgan fingerprint density at radius 2 is 2.00 bits per heavy atom. The van der Waals surface area contributed by atoms with E-state index in [2.05, 4.69) is 10.1 Å². The summed E-state index contributed by atoms with van der Waals surface area (Å²) in [6.07, 6.45) is 3.75. The molecule has 96 valence electrons. The minimum atomic E-state index is -0.497. The van der Waals surface area contributed by atoms with E-state index in [1.54, 1.807) is 6.20 Å². The zero-order valence-corrected chi connectivity index (χ0v) is 10.7. The van der Waals surface area contributed by atoms with Crippen molar-refractivity contribution in [3.05, 3.63) is 54.5 Å². The fourth-order valence-electron chi connectivity index (χ4n) is 2.11. The maximum absolute atomic E-state index is 9.74. The number of para-hydroxylation sites is 1. The average molecular weight is 253 g/mol. The zero-order chi connectivity index (χ0) is 13.2. The van der Waals surface area contributed by atoms with Gasteiger partial charge in [-0.15, -0.1) is 0 Å². The van der Waals surface area contributed by atoms with Gasteiger partial charge in [0.15, 0.2) is 0 Å². The number of benzene rings is 1. The fourth-order valence-corrected chi connectivity index (χ4v) is 2.11. The number of hydrogen-bond acceptors (Lipinski definition) is 3. The second-order valence-electron chi connectivity index (χ2n) is 4.48. The van der Waals surface area contributed by atoms with Gasteiger partial charge < -0.3 is 5.11 Å². The van der Waals surface area contributed by atoms with Gasteiger partial charge in [0.05, 0.1) is 35.4 Å². The molecule has 4 heteroatoms. The number of nitrogens with zero attached hydrogens (tertiary/aromatic N) is 3. The number of aromatic nitrogens is 3. The Balaban J connectivity index is 2.02. The SMILES string of the molecule is CC[C@@H](O)c1ccc(-n2ncc3ccccc32)cn1. The summed E-state index contributed by atoms with van der Waals surface area (Å²) in [7, 11) is 0. The molecule has 0 spiro atoms. The van der Waals surface area contributed by atoms with Crippen molar-refractivity contribution in [2.45, 2.75) is 19.4 Å². The Kier molecular flexibility index (Phi) is 3.01. The maximum Gasteiger partial charge on any atom is 0.0957 e. The van der Waals surface area contributed by atoms with Crippen molar-refractivity contribution in [1.82, 2.24) is 14.8 Å². The van der Waals surface area contributed by atoms with Crippen LogP contribution in [0.4, 0.5) is 0 Å². The molecule has 0 aliphatic heterocycles. The predicted molar refractivity (Wildman–Crippen MR) is 74.1 cm³/mol. The van der Waals surface area contributed by atoms with E-state index in [1.807, 2.05) is 54.2 Å². The molecule has 0 saturated heterocycles. The highest BCUT2D eigenvalue weighted by atomic mass is 16.3. The summed E-state index contributed by atoms with van der Waals surface area (Å²) in [5.41, 5.74) is 2.64. The largest absolute Gasteiger partial charge is 0.387 e. The van der Waals surface area contributed by atoms with E-state index in [9.17, 15) is 5.11 Å². The van der Waals surface area contributed by atoms with Gasteiger partial charge in [0, 0.05) is 5.39 Å². The summed E-state index contributed by atoms with van der Waals surface area (Å²) in [6, 6.07) is 11.8. The maximum atomic E-state index is 9.74. The van der Waals surface area contributed by atoms with Crippen molar-refractivity contribution in [2.75, 3.05) is 0 Å². The zero-order valence-electron chi connectivity index (χ0n) is 10.7. The Morgan fingerprint density at radius 3 is 2.74 bits per heavy atom. The van der Waals surface area contributed by atoms with Gasteiger partial charge in [-0.1, -0.05) is 25.1 Å². The molecule has 0 bridgehead atoms. The van der Waals surface area contributed by atoms with Crippen molar-refractivity contribution < 1.29 is 5.11 Å². The molecule has 4 nitrogen and oxygen atoms in total. The topological polar surface area (TPSA) is 50.9 Å². The second-order valence-corrected chi connectivity index (χ2v) is 4.48. The smallest absolute Gasteiger partial charge is 0.0957 e. The summed E-state index contributed by atoms with van der Waals surface area (Å²) in [4.78, 5) is 4.30. The number of aliphatic hydroxyl groups excluding tert-OH is 1. The number of rotatable bonds is 3. The van der Waals surface area contributed by atoms with Gasteiger partial charge in [-0.25, -0.2) is 4.68 Å². The first-order valence-electron chi connectivity index (χ1n) is 6.36. The molecule has 0 radical (unpaired) electrons. The second kappa shape index (κ2) is 4.82. The van der Waals surface area contributed by atoms with Gasteiger partial charge in [-0.05, 0) is 24.6 Å². The number of aliphatic hydroxyl groups is 1. The Labute approximate surface area is 111 Å². The lowest BCUT2D eigenvalue weighted by Crippen LogP contribution is -2.01. The lowest BCUT2D eigenvalue weighted by atomic mass is 10.2. The third kappa shape index (κ3) is 2.11. The van der Waals surface area contributed by atoms with E-state index in [4.69, 9.17) is 0 Å². The van der Waals surface area contributed by atoms with Crippen molar-refractivity contribution in [3.63, 3.8) is 0 Å². The van der Waals surface area contributed by atoms with E-state index >= 15 is 0 Å². The molecule has 0 unspecified atom stereocenters. The van der Waals surface area contributed by atoms with Gasteiger partial charge in [0.25, 0.3) is 0 Å². The first-order chi connectivity index (χ1) is 9.29. The van der Waals surface area contributed by atoms with Crippen LogP contribution in [-0.2, 0) is 0 Å². The molecule has 0 saturated carbocycles. The average Bonchev–Trinajstić information content (AvgIpc) is 2.90. The summed E-state index contributed by atoms with van der Waals surface area (Å²) in [6.45, 7) is 1.93. The van der Waals surface area contributed by atoms with E-state index in [1.165, 1.54) is 0 Å². The van der Waals surface area contributed by atoms with Crippen LogP contribution in [0.25, 0.3) is 16.6 Å². The molecule has 1 N–H and O–H groups in total. The van der Waals surface area contributed by atoms with Crippen molar-refractivity contribution in [1.29, 1.82) is 0 Å². The van der Waals surface area contributed by atoms with Crippen LogP contribution in [-0.4, -0.2) is 19.9 Å². The van der Waals surface area contributed by atoms with Crippen LogP contribution in [0.3, 0.4) is 0 Å². The normalized spacial score (nSPS) is 12.7. The Morgan fingerprint density at radius 1 is 1.16 bits per heavy atom. The third-order valence-corrected chi connectivity index (χ3v) is 3.22. The third-order valence-electron chi connectivity index (χ3n) is 3.22. The molecule has 2 heterocycles. The molecule has 3 rings (SSSR count). The fraction of sp³-hybridized carbons (Fsp3) is 0.200. The van der Waals surface area contributed by atoms with Crippen molar-refractivity contribution in [3.8, 4) is 5.69 Å². The monoisotopic (exact) mass is 253 g/mol. The van der Waals surface area contributed by atoms with Gasteiger partial charge in [-0.2, -0.15) is 5.10 Å². The first-order valence-corrected chi connectivity index (χ1v) is 6.36. The molecule has 0 amide bonds. The van der Waals surface area contributed by atoms with E-state index in [-0.39, 0.29) is 0 Å². The highest BCUT2D eigenvalue weighted by Crippen LogP contribution is 2.19. The minimum absolute atomic E-state index is 0.497. The molecule has 0 fully saturated rings. The highest BCUT2D eigenvalue weighted by molar-refractivity contribution is 5.79. The van der Waals surface area contributed by atoms with Gasteiger partial charge in [-0.3, -0.25) is 4.98 Å². The van der Waals surface area contributed by atoms with Crippen LogP contribution in [0.15, 0.2) is 48.8 Å². The molecule has 1 atom stereocenters. The van der Waals surface area contributed by atoms with Gasteiger partial charge >= 0.3 is 0 Å². The van der Waals surface area contributed by atoms with E-state index in [0.29, 0.717) is 12.1 Å². The molecular formula is C15H15N3O. The first kappa shape index (κ1) is 11.9. The standard InChI is InChI=1S/C15H15N3O/c1-2-15(19)13-8-7-12(10-16-13)18-14-6-4-3-5-11(14)9-17-18/h3-10,15,19H,2H2,1H3/t15-/m1/s1. The number of hydrogen-bond donors (Lipinski definition) is 1. The summed E-state index contributed by atoms with van der Waals surface area (Å²) >= 11 is 0. The summed E-state index contributed by atoms with van der Waals surface area (Å²) < 4.78 is 1.85. The lowest BCUT2D eigenvalue weighted by Gasteiger charge is -2.08. The van der Waals surface area contributed by atoms with Crippen LogP contribution in [0.1, 0.15) is 25.1 Å². The van der Waals surface area contributed by atoms with Crippen LogP contribution in [0, 0.1) is 0 Å². The Hall–Kier alpha value is -2.20. The summed E-state index contributed by atoms with van der Waals surface area (Å²) in [5, 5.41) is 15.2. The lowest BCUT2D eigenvalue weighted by molar-refractivity contribution is 0.169. The van der Waals surface area contributed by atoms with Gasteiger partial charge in [0.2, 0.25) is 0 Å². The molecule has 0 aliphatic rings. The van der Waals surface area contributed by atoms with E-state index < -0.39 is 6.10 Å². The minimum Gasteiger partial charge on any atom is -0.387 e. The van der Waals surface area contributed by atoms with Crippen LogP contribution in [0.5, 0.6) is 0 Å². The summed E-state index contributed by atoms with van der Waals surface area (Å²) in [5.74, 6) is 0. The quantitative estimate of drug-likeness (QED) is 0.780. The molecule has 1 aromatic carbocycles. The van der Waals surface area contributed by atoms with E-state index in [0.717, 1.165) is 16.6 Å². The molecule has 0 aliphatic carbocycles. The molecular weight excluding hydrogens is 238 g/mol. The van der Waals surface area contributed by atoms with Crippen LogP contribution < -0.4 is 0 Å². The van der Waals surface area contributed by atoms with Crippen LogP contribution in [0.2, 0.25) is 0 Å². The van der Waals surface area contributed by atoms with Gasteiger partial charge in [0.1, 0.15) is 0 Å².